The Balaban J connectivity index is 1.90. The summed E-state index contributed by atoms with van der Waals surface area (Å²) in [6.45, 7) is 2.47. The number of Topliss-reactive ketones (excluding diaryl/α,β-unsaturated/α-hetero) is 1. The molecule has 1 amide bonds. The summed E-state index contributed by atoms with van der Waals surface area (Å²) in [6, 6.07) is -0.716. The topological polar surface area (TPSA) is 105 Å². The van der Waals surface area contributed by atoms with Crippen LogP contribution in [0.1, 0.15) is 72.0 Å². The van der Waals surface area contributed by atoms with Crippen LogP contribution in [0.2, 0.25) is 10.0 Å². The maximum atomic E-state index is 14.1. The van der Waals surface area contributed by atoms with E-state index < -0.39 is 53.1 Å². The minimum Gasteiger partial charge on any atom is -0.481 e. The molecule has 2 aromatic heterocycles. The van der Waals surface area contributed by atoms with Crippen molar-refractivity contribution < 1.29 is 32.7 Å². The number of hydrogen-bond donors (Lipinski definition) is 1. The van der Waals surface area contributed by atoms with Gasteiger partial charge in [-0.15, -0.1) is 0 Å². The molecule has 0 aromatic carbocycles. The van der Waals surface area contributed by atoms with Crippen molar-refractivity contribution in [3.05, 3.63) is 45.5 Å². The van der Waals surface area contributed by atoms with Crippen LogP contribution in [0.3, 0.4) is 0 Å². The quantitative estimate of drug-likeness (QED) is 0.492. The van der Waals surface area contributed by atoms with Gasteiger partial charge in [0.15, 0.2) is 11.5 Å². The van der Waals surface area contributed by atoms with Gasteiger partial charge in [0.05, 0.1) is 45.4 Å². The number of ketones is 1. The van der Waals surface area contributed by atoms with Crippen LogP contribution < -0.4 is 0 Å². The summed E-state index contributed by atoms with van der Waals surface area (Å²) in [7, 11) is 0. The van der Waals surface area contributed by atoms with Gasteiger partial charge < -0.3 is 10.0 Å². The summed E-state index contributed by atoms with van der Waals surface area (Å²) >= 11 is 12.0. The highest BCUT2D eigenvalue weighted by Crippen LogP contribution is 2.43. The zero-order valence-electron chi connectivity index (χ0n) is 18.9. The summed E-state index contributed by atoms with van der Waals surface area (Å²) in [5.74, 6) is -2.67. The molecule has 0 spiro atoms. The van der Waals surface area contributed by atoms with Crippen molar-refractivity contribution >= 4 is 40.9 Å². The number of carbonyl (C=O) groups is 3. The number of likely N-dealkylation sites (N-methyl/N-ethyl adjacent to an activating group) is 1. The lowest BCUT2D eigenvalue weighted by Gasteiger charge is -2.34. The number of carboxylic acids is 1. The van der Waals surface area contributed by atoms with E-state index in [9.17, 15) is 32.7 Å². The molecule has 2 heterocycles. The van der Waals surface area contributed by atoms with Crippen LogP contribution in [-0.4, -0.2) is 55.5 Å². The second-order valence-corrected chi connectivity index (χ2v) is 9.48. The number of rotatable bonds is 7. The molecule has 35 heavy (non-hydrogen) atoms. The van der Waals surface area contributed by atoms with E-state index in [-0.39, 0.29) is 47.8 Å². The Morgan fingerprint density at radius 3 is 2.23 bits per heavy atom. The summed E-state index contributed by atoms with van der Waals surface area (Å²) < 4.78 is 43.1. The number of alkyl halides is 3. The molecule has 1 fully saturated rings. The van der Waals surface area contributed by atoms with Crippen molar-refractivity contribution in [1.82, 2.24) is 19.7 Å². The van der Waals surface area contributed by atoms with Crippen molar-refractivity contribution in [3.8, 4) is 0 Å². The van der Waals surface area contributed by atoms with E-state index in [1.54, 1.807) is 6.92 Å². The Morgan fingerprint density at radius 1 is 1.17 bits per heavy atom. The second-order valence-electron chi connectivity index (χ2n) is 8.67. The van der Waals surface area contributed by atoms with Crippen LogP contribution in [0.5, 0.6) is 0 Å². The molecular formula is C22H23Cl2F3N4O4. The fourth-order valence-corrected chi connectivity index (χ4v) is 4.78. The monoisotopic (exact) mass is 534 g/mol. The Morgan fingerprint density at radius 2 is 1.74 bits per heavy atom. The third-order valence-corrected chi connectivity index (χ3v) is 6.92. The Kier molecular flexibility index (Phi) is 7.80. The maximum absolute atomic E-state index is 14.1. The molecule has 0 saturated heterocycles. The average Bonchev–Trinajstić information content (AvgIpc) is 3.23. The number of aromatic nitrogens is 3. The summed E-state index contributed by atoms with van der Waals surface area (Å²) in [5.41, 5.74) is -3.01. The third kappa shape index (κ3) is 5.45. The molecule has 190 valence electrons. The first kappa shape index (κ1) is 26.9. The first-order valence-electron chi connectivity index (χ1n) is 10.8. The van der Waals surface area contributed by atoms with Crippen molar-refractivity contribution in [2.45, 2.75) is 51.7 Å². The molecule has 0 aliphatic heterocycles. The zero-order valence-corrected chi connectivity index (χ0v) is 20.4. The predicted octanol–water partition coefficient (Wildman–Crippen LogP) is 5.15. The van der Waals surface area contributed by atoms with Gasteiger partial charge in [-0.3, -0.25) is 24.0 Å². The lowest BCUT2D eigenvalue weighted by atomic mass is 9.74. The molecule has 8 nitrogen and oxygen atoms in total. The Hall–Kier alpha value is -2.66. The number of amides is 1. The first-order chi connectivity index (χ1) is 16.3. The van der Waals surface area contributed by atoms with E-state index in [0.717, 1.165) is 15.8 Å². The molecule has 3 rings (SSSR count). The van der Waals surface area contributed by atoms with Gasteiger partial charge in [0, 0.05) is 18.9 Å². The number of carbonyl (C=O) groups excluding carboxylic acids is 2. The standard InChI is InChI=1S/C22H23Cl2F3N4O4/c1-3-30(11-16(32)17-14(23)9-28-10-15(17)24)19(33)13-8-29-31(18(13)22(25,26)27)12-4-6-21(2,7-5-12)20(34)35/h8-10,12H,3-7,11H2,1-2H3,(H,34,35)/t12-,21-. The number of carboxylic acid groups (broad SMARTS) is 1. The smallest absolute Gasteiger partial charge is 0.433 e. The fourth-order valence-electron chi connectivity index (χ4n) is 4.20. The van der Waals surface area contributed by atoms with E-state index in [1.165, 1.54) is 19.3 Å². The van der Waals surface area contributed by atoms with Gasteiger partial charge in [-0.1, -0.05) is 23.2 Å². The molecule has 0 atom stereocenters. The van der Waals surface area contributed by atoms with Crippen LogP contribution in [0.15, 0.2) is 18.6 Å². The van der Waals surface area contributed by atoms with Gasteiger partial charge in [0.2, 0.25) is 0 Å². The van der Waals surface area contributed by atoms with E-state index in [0.29, 0.717) is 0 Å². The zero-order chi connectivity index (χ0) is 26.1. The Labute approximate surface area is 209 Å². The highest BCUT2D eigenvalue weighted by atomic mass is 35.5. The number of pyridine rings is 1. The maximum Gasteiger partial charge on any atom is 0.433 e. The van der Waals surface area contributed by atoms with Gasteiger partial charge >= 0.3 is 12.1 Å². The molecule has 1 saturated carbocycles. The number of aliphatic carboxylic acids is 1. The highest BCUT2D eigenvalue weighted by molar-refractivity contribution is 6.39. The first-order valence-corrected chi connectivity index (χ1v) is 11.5. The molecule has 2 aromatic rings. The minimum absolute atomic E-state index is 0.0412. The molecule has 13 heteroatoms. The average molecular weight is 535 g/mol. The van der Waals surface area contributed by atoms with E-state index >= 15 is 0 Å². The van der Waals surface area contributed by atoms with Crippen LogP contribution in [0.4, 0.5) is 13.2 Å². The van der Waals surface area contributed by atoms with E-state index in [4.69, 9.17) is 23.2 Å². The molecule has 0 unspecified atom stereocenters. The normalized spacial score (nSPS) is 20.5. The van der Waals surface area contributed by atoms with Crippen molar-refractivity contribution in [3.63, 3.8) is 0 Å². The molecule has 1 N–H and O–H groups in total. The molecule has 0 radical (unpaired) electrons. The van der Waals surface area contributed by atoms with Crippen LogP contribution >= 0.6 is 23.2 Å². The number of nitrogens with zero attached hydrogens (tertiary/aromatic N) is 4. The second kappa shape index (κ2) is 10.1. The lowest BCUT2D eigenvalue weighted by Crippen LogP contribution is -2.37. The van der Waals surface area contributed by atoms with Gasteiger partial charge in [0.25, 0.3) is 5.91 Å². The van der Waals surface area contributed by atoms with Crippen LogP contribution in [0, 0.1) is 5.41 Å². The van der Waals surface area contributed by atoms with Gasteiger partial charge in [-0.25, -0.2) is 0 Å². The summed E-state index contributed by atoms with van der Waals surface area (Å²) in [5, 5.41) is 13.2. The largest absolute Gasteiger partial charge is 0.481 e. The van der Waals surface area contributed by atoms with Crippen molar-refractivity contribution in [1.29, 1.82) is 0 Å². The molecular weight excluding hydrogens is 512 g/mol. The minimum atomic E-state index is -4.91. The highest BCUT2D eigenvalue weighted by Gasteiger charge is 2.45. The van der Waals surface area contributed by atoms with Gasteiger partial charge in [-0.05, 0) is 39.5 Å². The molecule has 1 aliphatic rings. The van der Waals surface area contributed by atoms with Crippen molar-refractivity contribution in [2.75, 3.05) is 13.1 Å². The van der Waals surface area contributed by atoms with Crippen LogP contribution in [-0.2, 0) is 11.0 Å². The fraction of sp³-hybridized carbons (Fsp3) is 0.500. The van der Waals surface area contributed by atoms with E-state index in [1.807, 2.05) is 0 Å². The van der Waals surface area contributed by atoms with Gasteiger partial charge in [0.1, 0.15) is 0 Å². The Bertz CT molecular complexity index is 1120. The summed E-state index contributed by atoms with van der Waals surface area (Å²) in [6.07, 6.45) is -0.987. The number of halogens is 5. The predicted molar refractivity (Wildman–Crippen MR) is 121 cm³/mol. The SMILES string of the molecule is CCN(CC(=O)c1c(Cl)cncc1Cl)C(=O)c1cnn([C@H]2CC[C@](C)(C(=O)O)CC2)c1C(F)(F)F. The number of hydrogen-bond acceptors (Lipinski definition) is 5. The van der Waals surface area contributed by atoms with Crippen molar-refractivity contribution in [2.24, 2.45) is 5.41 Å². The summed E-state index contributed by atoms with van der Waals surface area (Å²) in [4.78, 5) is 42.1. The molecule has 0 bridgehead atoms. The van der Waals surface area contributed by atoms with Gasteiger partial charge in [-0.2, -0.15) is 18.3 Å². The molecule has 1 aliphatic carbocycles. The lowest BCUT2D eigenvalue weighted by molar-refractivity contribution is -0.152. The van der Waals surface area contributed by atoms with Crippen LogP contribution in [0.25, 0.3) is 0 Å². The third-order valence-electron chi connectivity index (χ3n) is 6.35. The van der Waals surface area contributed by atoms with E-state index in [2.05, 4.69) is 10.1 Å².